The average Bonchev–Trinajstić information content (AvgIpc) is 2.52. The lowest BCUT2D eigenvalue weighted by molar-refractivity contribution is -0.154. The summed E-state index contributed by atoms with van der Waals surface area (Å²) in [5, 5.41) is 5.84. The van der Waals surface area contributed by atoms with Crippen molar-refractivity contribution in [3.8, 4) is 0 Å². The first-order valence-corrected chi connectivity index (χ1v) is 8.18. The van der Waals surface area contributed by atoms with Gasteiger partial charge in [0.1, 0.15) is 0 Å². The van der Waals surface area contributed by atoms with Gasteiger partial charge in [-0.25, -0.2) is 0 Å². The minimum atomic E-state index is -0.858. The van der Waals surface area contributed by atoms with E-state index in [0.717, 1.165) is 0 Å². The third kappa shape index (κ3) is 7.46. The van der Waals surface area contributed by atoms with Crippen molar-refractivity contribution in [3.05, 3.63) is 34.9 Å². The van der Waals surface area contributed by atoms with E-state index < -0.39 is 12.1 Å². The summed E-state index contributed by atoms with van der Waals surface area (Å²) in [5.74, 6) is -0.858. The van der Waals surface area contributed by atoms with Crippen LogP contribution in [0.1, 0.15) is 37.6 Å². The number of amides is 2. The lowest BCUT2D eigenvalue weighted by Crippen LogP contribution is -2.38. The summed E-state index contributed by atoms with van der Waals surface area (Å²) in [6, 6.07) is 6.42. The van der Waals surface area contributed by atoms with Crippen molar-refractivity contribution in [2.75, 3.05) is 13.1 Å². The first kappa shape index (κ1) is 20.0. The SMILES string of the molecule is CC(C)CNC(=O)[C@@H](C)OC(=O)CCNC(=O)c1ccc(Cl)cc1. The van der Waals surface area contributed by atoms with Crippen LogP contribution in [0.25, 0.3) is 0 Å². The van der Waals surface area contributed by atoms with E-state index in [0.29, 0.717) is 23.0 Å². The molecule has 1 aromatic carbocycles. The maximum Gasteiger partial charge on any atom is 0.308 e. The van der Waals surface area contributed by atoms with E-state index in [4.69, 9.17) is 16.3 Å². The van der Waals surface area contributed by atoms with Gasteiger partial charge in [0.2, 0.25) is 0 Å². The highest BCUT2D eigenvalue weighted by Crippen LogP contribution is 2.09. The number of carbonyl (C=O) groups is 3. The van der Waals surface area contributed by atoms with Crippen LogP contribution in [-0.4, -0.2) is 37.0 Å². The number of nitrogens with one attached hydrogen (secondary N) is 2. The van der Waals surface area contributed by atoms with Crippen molar-refractivity contribution in [1.82, 2.24) is 10.6 Å². The molecule has 6 nitrogen and oxygen atoms in total. The number of hydrogen-bond donors (Lipinski definition) is 2. The summed E-state index contributed by atoms with van der Waals surface area (Å²) in [6.07, 6.45) is -0.871. The van der Waals surface area contributed by atoms with E-state index in [9.17, 15) is 14.4 Å². The molecule has 0 heterocycles. The summed E-state index contributed by atoms with van der Waals surface area (Å²) >= 11 is 5.75. The van der Waals surface area contributed by atoms with E-state index in [2.05, 4.69) is 10.6 Å². The minimum absolute atomic E-state index is 0.0128. The molecule has 2 amide bonds. The van der Waals surface area contributed by atoms with Gasteiger partial charge in [-0.1, -0.05) is 25.4 Å². The van der Waals surface area contributed by atoms with Crippen LogP contribution in [0.4, 0.5) is 0 Å². The van der Waals surface area contributed by atoms with Crippen LogP contribution in [0, 0.1) is 5.92 Å². The fourth-order valence-electron chi connectivity index (χ4n) is 1.74. The number of halogens is 1. The molecule has 0 unspecified atom stereocenters. The zero-order valence-corrected chi connectivity index (χ0v) is 14.9. The Kier molecular flexibility index (Phi) is 8.26. The van der Waals surface area contributed by atoms with Gasteiger partial charge in [0, 0.05) is 23.7 Å². The zero-order chi connectivity index (χ0) is 18.1. The van der Waals surface area contributed by atoms with Gasteiger partial charge in [0.25, 0.3) is 11.8 Å². The molecule has 0 aliphatic heterocycles. The summed E-state index contributed by atoms with van der Waals surface area (Å²) in [4.78, 5) is 35.2. The lowest BCUT2D eigenvalue weighted by Gasteiger charge is -2.14. The molecule has 0 saturated carbocycles. The molecular weight excluding hydrogens is 332 g/mol. The number of carbonyl (C=O) groups excluding carboxylic acids is 3. The van der Waals surface area contributed by atoms with Crippen molar-refractivity contribution in [3.63, 3.8) is 0 Å². The quantitative estimate of drug-likeness (QED) is 0.701. The molecule has 0 fully saturated rings. The summed E-state index contributed by atoms with van der Waals surface area (Å²) in [7, 11) is 0. The predicted molar refractivity (Wildman–Crippen MR) is 91.8 cm³/mol. The largest absolute Gasteiger partial charge is 0.452 e. The molecule has 0 bridgehead atoms. The molecule has 0 spiro atoms. The Bertz CT molecular complexity index is 572. The Hall–Kier alpha value is -2.08. The van der Waals surface area contributed by atoms with Gasteiger partial charge in [0.15, 0.2) is 6.10 Å². The van der Waals surface area contributed by atoms with Crippen molar-refractivity contribution in [2.45, 2.75) is 33.3 Å². The molecule has 0 radical (unpaired) electrons. The van der Waals surface area contributed by atoms with Crippen molar-refractivity contribution >= 4 is 29.4 Å². The van der Waals surface area contributed by atoms with Crippen molar-refractivity contribution in [2.24, 2.45) is 5.92 Å². The van der Waals surface area contributed by atoms with Crippen molar-refractivity contribution < 1.29 is 19.1 Å². The fourth-order valence-corrected chi connectivity index (χ4v) is 1.87. The van der Waals surface area contributed by atoms with Crippen LogP contribution in [-0.2, 0) is 14.3 Å². The van der Waals surface area contributed by atoms with Gasteiger partial charge in [0.05, 0.1) is 6.42 Å². The fraction of sp³-hybridized carbons (Fsp3) is 0.471. The van der Waals surface area contributed by atoms with E-state index in [1.807, 2.05) is 13.8 Å². The first-order valence-electron chi connectivity index (χ1n) is 7.80. The topological polar surface area (TPSA) is 84.5 Å². The molecule has 2 N–H and O–H groups in total. The first-order chi connectivity index (χ1) is 11.3. The third-order valence-electron chi connectivity index (χ3n) is 3.08. The molecule has 0 saturated heterocycles. The van der Waals surface area contributed by atoms with Crippen LogP contribution in [0.2, 0.25) is 5.02 Å². The molecule has 24 heavy (non-hydrogen) atoms. The molecule has 7 heteroatoms. The Morgan fingerprint density at radius 2 is 1.71 bits per heavy atom. The van der Waals surface area contributed by atoms with Crippen LogP contribution >= 0.6 is 11.6 Å². The number of benzene rings is 1. The molecule has 132 valence electrons. The van der Waals surface area contributed by atoms with E-state index in [-0.39, 0.29) is 24.8 Å². The average molecular weight is 355 g/mol. The molecule has 0 aliphatic carbocycles. The highest BCUT2D eigenvalue weighted by molar-refractivity contribution is 6.30. The van der Waals surface area contributed by atoms with Crippen molar-refractivity contribution in [1.29, 1.82) is 0 Å². The van der Waals surface area contributed by atoms with Gasteiger partial charge in [-0.3, -0.25) is 14.4 Å². The second-order valence-electron chi connectivity index (χ2n) is 5.78. The molecule has 1 rings (SSSR count). The van der Waals surface area contributed by atoms with Gasteiger partial charge in [-0.05, 0) is 37.1 Å². The Morgan fingerprint density at radius 1 is 1.08 bits per heavy atom. The van der Waals surface area contributed by atoms with Crippen LogP contribution < -0.4 is 10.6 Å². The highest BCUT2D eigenvalue weighted by Gasteiger charge is 2.17. The lowest BCUT2D eigenvalue weighted by atomic mass is 10.2. The van der Waals surface area contributed by atoms with Crippen LogP contribution in [0.15, 0.2) is 24.3 Å². The molecular formula is C17H23ClN2O4. The van der Waals surface area contributed by atoms with Crippen LogP contribution in [0.5, 0.6) is 0 Å². The predicted octanol–water partition coefficient (Wildman–Crippen LogP) is 2.16. The molecule has 0 aromatic heterocycles. The smallest absolute Gasteiger partial charge is 0.308 e. The maximum atomic E-state index is 11.8. The normalized spacial score (nSPS) is 11.7. The maximum absolute atomic E-state index is 11.8. The molecule has 0 aliphatic rings. The summed E-state index contributed by atoms with van der Waals surface area (Å²) in [6.45, 7) is 6.11. The number of hydrogen-bond acceptors (Lipinski definition) is 4. The van der Waals surface area contributed by atoms with Gasteiger partial charge in [-0.15, -0.1) is 0 Å². The standard InChI is InChI=1S/C17H23ClN2O4/c1-11(2)10-20-16(22)12(3)24-15(21)8-9-19-17(23)13-4-6-14(18)7-5-13/h4-7,11-12H,8-10H2,1-3H3,(H,19,23)(H,20,22)/t12-/m1/s1. The Labute approximate surface area is 146 Å². The highest BCUT2D eigenvalue weighted by atomic mass is 35.5. The third-order valence-corrected chi connectivity index (χ3v) is 3.34. The summed E-state index contributed by atoms with van der Waals surface area (Å²) in [5.41, 5.74) is 0.453. The van der Waals surface area contributed by atoms with Gasteiger partial charge >= 0.3 is 5.97 Å². The molecule has 1 atom stereocenters. The Balaban J connectivity index is 2.29. The number of ether oxygens (including phenoxy) is 1. The summed E-state index contributed by atoms with van der Waals surface area (Å²) < 4.78 is 5.03. The van der Waals surface area contributed by atoms with E-state index in [1.54, 1.807) is 24.3 Å². The molecule has 1 aromatic rings. The second kappa shape index (κ2) is 9.93. The van der Waals surface area contributed by atoms with Gasteiger partial charge in [-0.2, -0.15) is 0 Å². The van der Waals surface area contributed by atoms with E-state index >= 15 is 0 Å². The Morgan fingerprint density at radius 3 is 2.29 bits per heavy atom. The van der Waals surface area contributed by atoms with Gasteiger partial charge < -0.3 is 15.4 Å². The number of rotatable bonds is 8. The van der Waals surface area contributed by atoms with Crippen LogP contribution in [0.3, 0.4) is 0 Å². The minimum Gasteiger partial charge on any atom is -0.452 e. The second-order valence-corrected chi connectivity index (χ2v) is 6.22. The number of esters is 1. The van der Waals surface area contributed by atoms with E-state index in [1.165, 1.54) is 6.92 Å². The monoisotopic (exact) mass is 354 g/mol. The zero-order valence-electron chi connectivity index (χ0n) is 14.1.